The zero-order valence-electron chi connectivity index (χ0n) is 11.8. The average Bonchev–Trinajstić information content (AvgIpc) is 2.54. The van der Waals surface area contributed by atoms with E-state index in [-0.39, 0.29) is 13.2 Å². The first-order valence-corrected chi connectivity index (χ1v) is 6.91. The Hall–Kier alpha value is -2.33. The maximum absolute atomic E-state index is 11.5. The Labute approximate surface area is 124 Å². The average molecular weight is 285 g/mol. The summed E-state index contributed by atoms with van der Waals surface area (Å²) in [5.41, 5.74) is 2.96. The normalized spacial score (nSPS) is 10.1. The molecule has 0 bridgehead atoms. The van der Waals surface area contributed by atoms with E-state index >= 15 is 0 Å². The largest absolute Gasteiger partial charge is 0.445 e. The molecule has 0 unspecified atom stereocenters. The van der Waals surface area contributed by atoms with Gasteiger partial charge in [0.05, 0.1) is 6.61 Å². The van der Waals surface area contributed by atoms with E-state index in [9.17, 15) is 4.79 Å². The van der Waals surface area contributed by atoms with Crippen LogP contribution in [0.3, 0.4) is 0 Å². The van der Waals surface area contributed by atoms with E-state index in [1.165, 1.54) is 0 Å². The molecule has 21 heavy (non-hydrogen) atoms. The summed E-state index contributed by atoms with van der Waals surface area (Å²) in [6.45, 7) is 0.842. The van der Waals surface area contributed by atoms with Crippen LogP contribution < -0.4 is 5.32 Å². The first-order valence-electron chi connectivity index (χ1n) is 6.91. The lowest BCUT2D eigenvalue weighted by atomic mass is 10.1. The number of rotatable bonds is 6. The topological polar surface area (TPSA) is 58.6 Å². The van der Waals surface area contributed by atoms with E-state index < -0.39 is 6.09 Å². The number of amides is 1. The van der Waals surface area contributed by atoms with Crippen molar-refractivity contribution in [3.8, 4) is 0 Å². The van der Waals surface area contributed by atoms with Crippen molar-refractivity contribution in [3.05, 3.63) is 71.3 Å². The molecule has 4 nitrogen and oxygen atoms in total. The third-order valence-electron chi connectivity index (χ3n) is 3.10. The van der Waals surface area contributed by atoms with Gasteiger partial charge in [0.1, 0.15) is 6.61 Å². The maximum atomic E-state index is 11.5. The summed E-state index contributed by atoms with van der Waals surface area (Å²) in [4.78, 5) is 11.5. The molecule has 2 rings (SSSR count). The lowest BCUT2D eigenvalue weighted by Crippen LogP contribution is -2.26. The van der Waals surface area contributed by atoms with Gasteiger partial charge in [-0.2, -0.15) is 0 Å². The molecular weight excluding hydrogens is 266 g/mol. The van der Waals surface area contributed by atoms with Crippen LogP contribution in [0.1, 0.15) is 16.7 Å². The number of ether oxygens (including phenoxy) is 1. The second-order valence-electron chi connectivity index (χ2n) is 4.71. The Morgan fingerprint density at radius 1 is 0.952 bits per heavy atom. The van der Waals surface area contributed by atoms with Gasteiger partial charge in [0.25, 0.3) is 0 Å². The maximum Gasteiger partial charge on any atom is 0.407 e. The molecule has 2 aromatic carbocycles. The molecule has 0 radical (unpaired) electrons. The lowest BCUT2D eigenvalue weighted by Gasteiger charge is -2.07. The van der Waals surface area contributed by atoms with Crippen LogP contribution in [0.2, 0.25) is 0 Å². The van der Waals surface area contributed by atoms with Crippen molar-refractivity contribution in [3.63, 3.8) is 0 Å². The summed E-state index contributed by atoms with van der Waals surface area (Å²) >= 11 is 0. The minimum absolute atomic E-state index is 0.0460. The summed E-state index contributed by atoms with van der Waals surface area (Å²) in [5.74, 6) is 0. The molecule has 0 aliphatic rings. The molecule has 2 N–H and O–H groups in total. The monoisotopic (exact) mass is 285 g/mol. The summed E-state index contributed by atoms with van der Waals surface area (Å²) in [5, 5.41) is 11.7. The molecule has 1 amide bonds. The molecule has 0 atom stereocenters. The number of aliphatic hydroxyl groups excluding tert-OH is 1. The molecule has 0 heterocycles. The second-order valence-corrected chi connectivity index (χ2v) is 4.71. The summed E-state index contributed by atoms with van der Waals surface area (Å²) < 4.78 is 5.12. The van der Waals surface area contributed by atoms with Crippen molar-refractivity contribution in [2.75, 3.05) is 6.54 Å². The van der Waals surface area contributed by atoms with Crippen molar-refractivity contribution in [2.24, 2.45) is 0 Å². The van der Waals surface area contributed by atoms with Crippen LogP contribution in [0.15, 0.2) is 54.6 Å². The minimum atomic E-state index is -0.411. The minimum Gasteiger partial charge on any atom is -0.445 e. The molecule has 4 heteroatoms. The van der Waals surface area contributed by atoms with E-state index in [2.05, 4.69) is 5.32 Å². The lowest BCUT2D eigenvalue weighted by molar-refractivity contribution is 0.140. The van der Waals surface area contributed by atoms with Crippen molar-refractivity contribution in [1.29, 1.82) is 0 Å². The number of hydrogen-bond acceptors (Lipinski definition) is 3. The van der Waals surface area contributed by atoms with E-state index in [1.807, 2.05) is 54.6 Å². The van der Waals surface area contributed by atoms with Crippen LogP contribution in [0.25, 0.3) is 0 Å². The summed E-state index contributed by atoms with van der Waals surface area (Å²) in [6, 6.07) is 17.2. The molecule has 2 aromatic rings. The summed E-state index contributed by atoms with van der Waals surface area (Å²) in [6.07, 6.45) is 0.317. The predicted molar refractivity (Wildman–Crippen MR) is 80.7 cm³/mol. The van der Waals surface area contributed by atoms with Crippen LogP contribution in [-0.4, -0.2) is 17.7 Å². The molecule has 0 aliphatic heterocycles. The Morgan fingerprint density at radius 3 is 2.29 bits per heavy atom. The Kier molecular flexibility index (Phi) is 5.79. The van der Waals surface area contributed by atoms with Gasteiger partial charge in [0, 0.05) is 6.54 Å². The fourth-order valence-electron chi connectivity index (χ4n) is 1.89. The van der Waals surface area contributed by atoms with Crippen LogP contribution in [0, 0.1) is 0 Å². The van der Waals surface area contributed by atoms with Crippen LogP contribution in [-0.2, 0) is 24.4 Å². The van der Waals surface area contributed by atoms with Crippen molar-refractivity contribution in [1.82, 2.24) is 5.32 Å². The van der Waals surface area contributed by atoms with Gasteiger partial charge >= 0.3 is 6.09 Å². The van der Waals surface area contributed by atoms with Crippen LogP contribution in [0.5, 0.6) is 0 Å². The zero-order chi connectivity index (χ0) is 14.9. The first-order chi connectivity index (χ1) is 10.3. The first kappa shape index (κ1) is 15.1. The highest BCUT2D eigenvalue weighted by molar-refractivity contribution is 5.67. The van der Waals surface area contributed by atoms with Gasteiger partial charge < -0.3 is 15.2 Å². The number of aliphatic hydroxyl groups is 1. The van der Waals surface area contributed by atoms with Gasteiger partial charge in [-0.3, -0.25) is 0 Å². The van der Waals surface area contributed by atoms with Gasteiger partial charge in [0.2, 0.25) is 0 Å². The fraction of sp³-hybridized carbons (Fsp3) is 0.235. The molecule has 0 aliphatic carbocycles. The number of alkyl carbamates (subject to hydrolysis) is 1. The Morgan fingerprint density at radius 2 is 1.62 bits per heavy atom. The number of benzene rings is 2. The van der Waals surface area contributed by atoms with Crippen LogP contribution >= 0.6 is 0 Å². The van der Waals surface area contributed by atoms with Gasteiger partial charge in [-0.25, -0.2) is 4.79 Å². The van der Waals surface area contributed by atoms with Gasteiger partial charge in [-0.05, 0) is 23.1 Å². The Bertz CT molecular complexity index is 552. The fourth-order valence-corrected chi connectivity index (χ4v) is 1.89. The van der Waals surface area contributed by atoms with Crippen molar-refractivity contribution >= 4 is 6.09 Å². The van der Waals surface area contributed by atoms with Crippen LogP contribution in [0.4, 0.5) is 4.79 Å². The van der Waals surface area contributed by atoms with E-state index in [1.54, 1.807) is 0 Å². The molecule has 110 valence electrons. The molecule has 0 fully saturated rings. The molecule has 0 aromatic heterocycles. The Balaban J connectivity index is 1.66. The van der Waals surface area contributed by atoms with E-state index in [0.717, 1.165) is 23.1 Å². The SMILES string of the molecule is O=C(NCCc1ccc(CO)cc1)OCc1ccccc1. The van der Waals surface area contributed by atoms with E-state index in [0.29, 0.717) is 6.54 Å². The number of hydrogen-bond donors (Lipinski definition) is 2. The molecule has 0 saturated carbocycles. The molecule has 0 spiro atoms. The standard InChI is InChI=1S/C17H19NO3/c19-12-15-8-6-14(7-9-15)10-11-18-17(20)21-13-16-4-2-1-3-5-16/h1-9,19H,10-13H2,(H,18,20). The zero-order valence-corrected chi connectivity index (χ0v) is 11.8. The number of carbonyl (C=O) groups excluding carboxylic acids is 1. The number of nitrogens with one attached hydrogen (secondary N) is 1. The molecule has 0 saturated heterocycles. The third-order valence-corrected chi connectivity index (χ3v) is 3.10. The highest BCUT2D eigenvalue weighted by Crippen LogP contribution is 2.05. The van der Waals surface area contributed by atoms with Crippen molar-refractivity contribution in [2.45, 2.75) is 19.6 Å². The van der Waals surface area contributed by atoms with Crippen molar-refractivity contribution < 1.29 is 14.6 Å². The number of carbonyl (C=O) groups is 1. The quantitative estimate of drug-likeness (QED) is 0.858. The predicted octanol–water partition coefficient (Wildman–Crippen LogP) is 2.65. The highest BCUT2D eigenvalue weighted by atomic mass is 16.5. The third kappa shape index (κ3) is 5.28. The van der Waals surface area contributed by atoms with E-state index in [4.69, 9.17) is 9.84 Å². The molecular formula is C17H19NO3. The smallest absolute Gasteiger partial charge is 0.407 e. The van der Waals surface area contributed by atoms with Gasteiger partial charge in [-0.15, -0.1) is 0 Å². The summed E-state index contributed by atoms with van der Waals surface area (Å²) in [7, 11) is 0. The second kappa shape index (κ2) is 8.07. The van der Waals surface area contributed by atoms with Gasteiger partial charge in [0.15, 0.2) is 0 Å². The van der Waals surface area contributed by atoms with Gasteiger partial charge in [-0.1, -0.05) is 54.6 Å². The highest BCUT2D eigenvalue weighted by Gasteiger charge is 2.02.